The van der Waals surface area contributed by atoms with Gasteiger partial charge in [0, 0.05) is 16.0 Å². The van der Waals surface area contributed by atoms with Gasteiger partial charge in [0.1, 0.15) is 0 Å². The summed E-state index contributed by atoms with van der Waals surface area (Å²) in [6.45, 7) is 4.08. The molecule has 3 nitrogen and oxygen atoms in total. The zero-order chi connectivity index (χ0) is 11.2. The summed E-state index contributed by atoms with van der Waals surface area (Å²) >= 11 is 5.85. The van der Waals surface area contributed by atoms with E-state index in [1.54, 1.807) is 0 Å². The number of rotatable bonds is 1. The maximum absolute atomic E-state index is 5.85. The molecule has 0 amide bonds. The van der Waals surface area contributed by atoms with Crippen molar-refractivity contribution in [1.29, 1.82) is 0 Å². The maximum Gasteiger partial charge on any atom is 0.312 e. The van der Waals surface area contributed by atoms with Crippen LogP contribution in [0, 0.1) is 5.41 Å². The summed E-state index contributed by atoms with van der Waals surface area (Å²) in [5.74, 6) is -1.01. The van der Waals surface area contributed by atoms with E-state index in [9.17, 15) is 0 Å². The first-order valence-corrected chi connectivity index (χ1v) is 5.68. The van der Waals surface area contributed by atoms with E-state index < -0.39 is 5.97 Å². The van der Waals surface area contributed by atoms with Crippen LogP contribution < -0.4 is 0 Å². The average molecular weight is 241 g/mol. The van der Waals surface area contributed by atoms with Gasteiger partial charge in [-0.15, -0.1) is 0 Å². The van der Waals surface area contributed by atoms with Crippen molar-refractivity contribution >= 4 is 11.6 Å². The topological polar surface area (TPSA) is 27.7 Å². The molecule has 3 fully saturated rings. The molecular formula is C12H13ClO3. The summed E-state index contributed by atoms with van der Waals surface area (Å²) < 4.78 is 17.1. The zero-order valence-electron chi connectivity index (χ0n) is 9.03. The molecule has 3 heterocycles. The highest BCUT2D eigenvalue weighted by Crippen LogP contribution is 2.43. The van der Waals surface area contributed by atoms with Crippen molar-refractivity contribution in [2.75, 3.05) is 19.8 Å². The van der Waals surface area contributed by atoms with Crippen molar-refractivity contribution in [3.8, 4) is 0 Å². The molecule has 0 N–H and O–H groups in total. The quantitative estimate of drug-likeness (QED) is 0.755. The average Bonchev–Trinajstić information content (AvgIpc) is 2.31. The predicted octanol–water partition coefficient (Wildman–Crippen LogP) is 2.53. The third kappa shape index (κ3) is 1.55. The first-order valence-electron chi connectivity index (χ1n) is 5.30. The lowest BCUT2D eigenvalue weighted by Crippen LogP contribution is -2.57. The van der Waals surface area contributed by atoms with Gasteiger partial charge in [0.25, 0.3) is 0 Å². The molecule has 0 aliphatic carbocycles. The summed E-state index contributed by atoms with van der Waals surface area (Å²) in [6.07, 6.45) is 0. The first-order chi connectivity index (χ1) is 7.62. The fraction of sp³-hybridized carbons (Fsp3) is 0.500. The van der Waals surface area contributed by atoms with Gasteiger partial charge in [0.05, 0.1) is 19.8 Å². The SMILES string of the molecule is CC12COC(c3ccc(Cl)cc3)(OC1)OC2. The molecule has 3 aliphatic rings. The maximum atomic E-state index is 5.85. The van der Waals surface area contributed by atoms with E-state index in [1.165, 1.54) is 0 Å². The van der Waals surface area contributed by atoms with Crippen LogP contribution in [0.3, 0.4) is 0 Å². The molecule has 1 aromatic rings. The van der Waals surface area contributed by atoms with Crippen molar-refractivity contribution < 1.29 is 14.2 Å². The normalized spacial score (nSPS) is 37.6. The highest BCUT2D eigenvalue weighted by atomic mass is 35.5. The van der Waals surface area contributed by atoms with Crippen molar-refractivity contribution in [1.82, 2.24) is 0 Å². The molecule has 86 valence electrons. The van der Waals surface area contributed by atoms with E-state index in [-0.39, 0.29) is 5.41 Å². The third-order valence-corrected chi connectivity index (χ3v) is 3.28. The van der Waals surface area contributed by atoms with Crippen LogP contribution in [0.5, 0.6) is 0 Å². The summed E-state index contributed by atoms with van der Waals surface area (Å²) in [4.78, 5) is 0. The van der Waals surface area contributed by atoms with Crippen molar-refractivity contribution in [2.45, 2.75) is 12.9 Å². The minimum atomic E-state index is -1.01. The fourth-order valence-corrected chi connectivity index (χ4v) is 2.09. The smallest absolute Gasteiger partial charge is 0.312 e. The van der Waals surface area contributed by atoms with Crippen molar-refractivity contribution in [2.24, 2.45) is 5.41 Å². The Kier molecular flexibility index (Phi) is 2.27. The summed E-state index contributed by atoms with van der Waals surface area (Å²) in [6, 6.07) is 7.36. The van der Waals surface area contributed by atoms with E-state index >= 15 is 0 Å². The van der Waals surface area contributed by atoms with Crippen LogP contribution in [0.25, 0.3) is 0 Å². The van der Waals surface area contributed by atoms with Gasteiger partial charge >= 0.3 is 5.97 Å². The fourth-order valence-electron chi connectivity index (χ4n) is 1.96. The Balaban J connectivity index is 1.92. The van der Waals surface area contributed by atoms with Crippen LogP contribution in [0.4, 0.5) is 0 Å². The van der Waals surface area contributed by atoms with Gasteiger partial charge in [-0.3, -0.25) is 0 Å². The Bertz CT molecular complexity index is 377. The second-order valence-electron chi connectivity index (χ2n) is 4.74. The standard InChI is InChI=1S/C12H13ClO3/c1-11-6-14-12(15-7-11,16-8-11)9-2-4-10(13)5-3-9/h2-5H,6-8H2,1H3. The van der Waals surface area contributed by atoms with Crippen molar-refractivity contribution in [3.63, 3.8) is 0 Å². The molecule has 2 bridgehead atoms. The molecule has 0 atom stereocenters. The van der Waals surface area contributed by atoms with Crippen LogP contribution >= 0.6 is 11.6 Å². The van der Waals surface area contributed by atoms with Crippen LogP contribution in [-0.2, 0) is 20.2 Å². The van der Waals surface area contributed by atoms with Crippen LogP contribution in [-0.4, -0.2) is 19.8 Å². The van der Waals surface area contributed by atoms with Gasteiger partial charge < -0.3 is 14.2 Å². The number of ether oxygens (including phenoxy) is 3. The van der Waals surface area contributed by atoms with Gasteiger partial charge in [-0.25, -0.2) is 0 Å². The second kappa shape index (κ2) is 3.44. The van der Waals surface area contributed by atoms with Gasteiger partial charge in [0.2, 0.25) is 0 Å². The molecule has 0 saturated carbocycles. The highest BCUT2D eigenvalue weighted by Gasteiger charge is 2.51. The molecule has 4 rings (SSSR count). The Hall–Kier alpha value is -0.610. The molecule has 1 aromatic carbocycles. The molecule has 0 spiro atoms. The van der Waals surface area contributed by atoms with Gasteiger partial charge in [-0.2, -0.15) is 0 Å². The Morgan fingerprint density at radius 3 is 2.00 bits per heavy atom. The lowest BCUT2D eigenvalue weighted by atomic mass is 9.91. The molecule has 0 radical (unpaired) electrons. The first kappa shape index (κ1) is 10.5. The second-order valence-corrected chi connectivity index (χ2v) is 5.18. The number of benzene rings is 1. The van der Waals surface area contributed by atoms with Crippen LogP contribution in [0.1, 0.15) is 12.5 Å². The summed E-state index contributed by atoms with van der Waals surface area (Å²) in [7, 11) is 0. The largest absolute Gasteiger partial charge is 0.323 e. The van der Waals surface area contributed by atoms with Crippen LogP contribution in [0.2, 0.25) is 5.02 Å². The molecule has 4 heteroatoms. The molecule has 0 unspecified atom stereocenters. The molecule has 3 aliphatic heterocycles. The van der Waals surface area contributed by atoms with E-state index in [0.717, 1.165) is 5.56 Å². The van der Waals surface area contributed by atoms with E-state index in [4.69, 9.17) is 25.8 Å². The van der Waals surface area contributed by atoms with Crippen molar-refractivity contribution in [3.05, 3.63) is 34.9 Å². The Morgan fingerprint density at radius 2 is 1.50 bits per heavy atom. The number of halogens is 1. The number of hydrogen-bond donors (Lipinski definition) is 0. The zero-order valence-corrected chi connectivity index (χ0v) is 9.79. The monoisotopic (exact) mass is 240 g/mol. The minimum absolute atomic E-state index is 0.00578. The van der Waals surface area contributed by atoms with E-state index in [2.05, 4.69) is 6.92 Å². The van der Waals surface area contributed by atoms with Crippen LogP contribution in [0.15, 0.2) is 24.3 Å². The van der Waals surface area contributed by atoms with Gasteiger partial charge in [-0.1, -0.05) is 18.5 Å². The molecular weight excluding hydrogens is 228 g/mol. The highest BCUT2D eigenvalue weighted by molar-refractivity contribution is 6.30. The lowest BCUT2D eigenvalue weighted by molar-refractivity contribution is -0.477. The lowest BCUT2D eigenvalue weighted by Gasteiger charge is -2.50. The Morgan fingerprint density at radius 1 is 1.00 bits per heavy atom. The van der Waals surface area contributed by atoms with E-state index in [0.29, 0.717) is 24.8 Å². The minimum Gasteiger partial charge on any atom is -0.323 e. The molecule has 0 aromatic heterocycles. The van der Waals surface area contributed by atoms with Gasteiger partial charge in [0.15, 0.2) is 0 Å². The molecule has 16 heavy (non-hydrogen) atoms. The predicted molar refractivity (Wildman–Crippen MR) is 59.1 cm³/mol. The summed E-state index contributed by atoms with van der Waals surface area (Å²) in [5.41, 5.74) is 0.854. The van der Waals surface area contributed by atoms with Gasteiger partial charge in [-0.05, 0) is 24.3 Å². The number of fused-ring (bicyclic) bond motifs is 3. The number of hydrogen-bond acceptors (Lipinski definition) is 3. The third-order valence-electron chi connectivity index (χ3n) is 3.03. The Labute approximate surface area is 99.3 Å². The molecule has 3 saturated heterocycles. The van der Waals surface area contributed by atoms with E-state index in [1.807, 2.05) is 24.3 Å². The summed E-state index contributed by atoms with van der Waals surface area (Å²) in [5, 5.41) is 0.691.